The molecule has 0 saturated carbocycles. The molecule has 2 saturated heterocycles. The first kappa shape index (κ1) is 15.2. The zero-order valence-corrected chi connectivity index (χ0v) is 12.7. The van der Waals surface area contributed by atoms with E-state index in [1.165, 1.54) is 12.8 Å². The Morgan fingerprint density at radius 3 is 2.53 bits per heavy atom. The Kier molecular flexibility index (Phi) is 5.62. The first-order valence-corrected chi connectivity index (χ1v) is 9.14. The average molecular weight is 289 g/mol. The molecule has 0 radical (unpaired) electrons. The van der Waals surface area contributed by atoms with Crippen LogP contribution in [0.4, 0.5) is 0 Å². The molecule has 0 amide bonds. The van der Waals surface area contributed by atoms with Crippen molar-refractivity contribution in [2.45, 2.75) is 38.6 Å². The SMILES string of the molecule is CC(CNS(=O)(=O)CC1CCNCC1)N1CCCC1. The number of hydrogen-bond donors (Lipinski definition) is 2. The van der Waals surface area contributed by atoms with Gasteiger partial charge in [0.2, 0.25) is 10.0 Å². The molecule has 19 heavy (non-hydrogen) atoms. The molecule has 0 aliphatic carbocycles. The normalized spacial score (nSPS) is 24.7. The third-order valence-electron chi connectivity index (χ3n) is 4.28. The first-order valence-electron chi connectivity index (χ1n) is 7.49. The maximum atomic E-state index is 12.1. The van der Waals surface area contributed by atoms with Gasteiger partial charge in [-0.2, -0.15) is 0 Å². The number of nitrogens with one attached hydrogen (secondary N) is 2. The summed E-state index contributed by atoms with van der Waals surface area (Å²) in [4.78, 5) is 2.37. The van der Waals surface area contributed by atoms with Crippen LogP contribution in [0.25, 0.3) is 0 Å². The Balaban J connectivity index is 1.73. The van der Waals surface area contributed by atoms with Crippen molar-refractivity contribution in [1.82, 2.24) is 14.9 Å². The van der Waals surface area contributed by atoms with E-state index in [1.807, 2.05) is 0 Å². The lowest BCUT2D eigenvalue weighted by atomic mass is 10.0. The highest BCUT2D eigenvalue weighted by Crippen LogP contribution is 2.14. The molecule has 2 rings (SSSR count). The van der Waals surface area contributed by atoms with E-state index >= 15 is 0 Å². The summed E-state index contributed by atoms with van der Waals surface area (Å²) in [7, 11) is -3.11. The fourth-order valence-electron chi connectivity index (χ4n) is 2.98. The van der Waals surface area contributed by atoms with Crippen molar-refractivity contribution in [2.75, 3.05) is 38.5 Å². The molecule has 112 valence electrons. The Morgan fingerprint density at radius 2 is 1.89 bits per heavy atom. The van der Waals surface area contributed by atoms with E-state index < -0.39 is 10.0 Å². The van der Waals surface area contributed by atoms with Crippen LogP contribution in [0.2, 0.25) is 0 Å². The second kappa shape index (κ2) is 7.02. The second-order valence-electron chi connectivity index (χ2n) is 5.92. The Labute approximate surface area is 117 Å². The van der Waals surface area contributed by atoms with Crippen molar-refractivity contribution in [2.24, 2.45) is 5.92 Å². The van der Waals surface area contributed by atoms with E-state index in [2.05, 4.69) is 21.9 Å². The topological polar surface area (TPSA) is 61.4 Å². The highest BCUT2D eigenvalue weighted by Gasteiger charge is 2.23. The molecule has 1 atom stereocenters. The summed E-state index contributed by atoms with van der Waals surface area (Å²) in [5.41, 5.74) is 0. The van der Waals surface area contributed by atoms with Crippen LogP contribution in [0, 0.1) is 5.92 Å². The Bertz CT molecular complexity index is 360. The lowest BCUT2D eigenvalue weighted by molar-refractivity contribution is 0.259. The lowest BCUT2D eigenvalue weighted by Crippen LogP contribution is -2.42. The van der Waals surface area contributed by atoms with Crippen LogP contribution in [-0.2, 0) is 10.0 Å². The minimum atomic E-state index is -3.11. The van der Waals surface area contributed by atoms with E-state index in [9.17, 15) is 8.42 Å². The van der Waals surface area contributed by atoms with Crippen LogP contribution in [0.3, 0.4) is 0 Å². The summed E-state index contributed by atoms with van der Waals surface area (Å²) in [6, 6.07) is 0.310. The van der Waals surface area contributed by atoms with Crippen LogP contribution in [-0.4, -0.2) is 57.8 Å². The van der Waals surface area contributed by atoms with Crippen molar-refractivity contribution < 1.29 is 8.42 Å². The van der Waals surface area contributed by atoms with Crippen molar-refractivity contribution in [1.29, 1.82) is 0 Å². The molecule has 0 aromatic heterocycles. The molecule has 0 aromatic carbocycles. The number of piperidine rings is 1. The van der Waals surface area contributed by atoms with Gasteiger partial charge in [-0.05, 0) is 64.7 Å². The van der Waals surface area contributed by atoms with Gasteiger partial charge in [0.1, 0.15) is 0 Å². The molecule has 2 fully saturated rings. The monoisotopic (exact) mass is 289 g/mol. The van der Waals surface area contributed by atoms with Crippen LogP contribution in [0.1, 0.15) is 32.6 Å². The van der Waals surface area contributed by atoms with E-state index in [1.54, 1.807) is 0 Å². The predicted octanol–water partition coefficient (Wildman–Crippen LogP) is 0.390. The van der Waals surface area contributed by atoms with Gasteiger partial charge in [-0.25, -0.2) is 13.1 Å². The number of likely N-dealkylation sites (tertiary alicyclic amines) is 1. The largest absolute Gasteiger partial charge is 0.317 e. The molecule has 5 nitrogen and oxygen atoms in total. The number of sulfonamides is 1. The van der Waals surface area contributed by atoms with E-state index in [-0.39, 0.29) is 0 Å². The fraction of sp³-hybridized carbons (Fsp3) is 1.00. The van der Waals surface area contributed by atoms with E-state index in [4.69, 9.17) is 0 Å². The predicted molar refractivity (Wildman–Crippen MR) is 77.7 cm³/mol. The molecule has 0 bridgehead atoms. The fourth-order valence-corrected chi connectivity index (χ4v) is 4.54. The summed E-state index contributed by atoms with van der Waals surface area (Å²) in [6.45, 7) is 6.77. The number of nitrogens with zero attached hydrogens (tertiary/aromatic N) is 1. The molecule has 2 N–H and O–H groups in total. The van der Waals surface area contributed by atoms with E-state index in [0.717, 1.165) is 39.0 Å². The molecule has 0 spiro atoms. The van der Waals surface area contributed by atoms with Crippen LogP contribution in [0.5, 0.6) is 0 Å². The van der Waals surface area contributed by atoms with Gasteiger partial charge in [0.05, 0.1) is 5.75 Å². The zero-order chi connectivity index (χ0) is 13.7. The molecular weight excluding hydrogens is 262 g/mol. The molecule has 1 unspecified atom stereocenters. The van der Waals surface area contributed by atoms with Gasteiger partial charge in [0.25, 0.3) is 0 Å². The van der Waals surface area contributed by atoms with Crippen LogP contribution >= 0.6 is 0 Å². The molecule has 6 heteroatoms. The van der Waals surface area contributed by atoms with Gasteiger partial charge in [0, 0.05) is 12.6 Å². The van der Waals surface area contributed by atoms with Gasteiger partial charge in [-0.3, -0.25) is 4.90 Å². The summed E-state index contributed by atoms with van der Waals surface area (Å²) < 4.78 is 26.9. The standard InChI is InChI=1S/C13H27N3O2S/c1-12(16-8-2-3-9-16)10-15-19(17,18)11-13-4-6-14-7-5-13/h12-15H,2-11H2,1H3. The lowest BCUT2D eigenvalue weighted by Gasteiger charge is -2.25. The summed E-state index contributed by atoms with van der Waals surface area (Å²) in [6.07, 6.45) is 4.43. The molecule has 2 aliphatic rings. The first-order chi connectivity index (χ1) is 9.07. The number of rotatable bonds is 6. The van der Waals surface area contributed by atoms with Gasteiger partial charge in [0.15, 0.2) is 0 Å². The smallest absolute Gasteiger partial charge is 0.211 e. The highest BCUT2D eigenvalue weighted by molar-refractivity contribution is 7.89. The van der Waals surface area contributed by atoms with Gasteiger partial charge < -0.3 is 5.32 Å². The molecule has 2 heterocycles. The van der Waals surface area contributed by atoms with Crippen LogP contribution < -0.4 is 10.0 Å². The van der Waals surface area contributed by atoms with Crippen molar-refractivity contribution in [3.8, 4) is 0 Å². The average Bonchev–Trinajstić information content (AvgIpc) is 2.91. The Hall–Kier alpha value is -0.170. The minimum absolute atomic E-state index is 0.293. The second-order valence-corrected chi connectivity index (χ2v) is 7.77. The van der Waals surface area contributed by atoms with E-state index in [0.29, 0.717) is 24.3 Å². The highest BCUT2D eigenvalue weighted by atomic mass is 32.2. The third-order valence-corrected chi connectivity index (χ3v) is 5.79. The van der Waals surface area contributed by atoms with Gasteiger partial charge >= 0.3 is 0 Å². The quantitative estimate of drug-likeness (QED) is 0.742. The van der Waals surface area contributed by atoms with Gasteiger partial charge in [-0.1, -0.05) is 0 Å². The van der Waals surface area contributed by atoms with Crippen molar-refractivity contribution in [3.63, 3.8) is 0 Å². The third kappa shape index (κ3) is 5.02. The molecule has 0 aromatic rings. The Morgan fingerprint density at radius 1 is 1.26 bits per heavy atom. The van der Waals surface area contributed by atoms with Crippen LogP contribution in [0.15, 0.2) is 0 Å². The summed E-state index contributed by atoms with van der Waals surface area (Å²) in [5, 5.41) is 3.27. The van der Waals surface area contributed by atoms with Crippen molar-refractivity contribution >= 4 is 10.0 Å². The summed E-state index contributed by atoms with van der Waals surface area (Å²) >= 11 is 0. The molecule has 2 aliphatic heterocycles. The number of hydrogen-bond acceptors (Lipinski definition) is 4. The summed E-state index contributed by atoms with van der Waals surface area (Å²) in [5.74, 6) is 0.613. The zero-order valence-electron chi connectivity index (χ0n) is 11.9. The maximum Gasteiger partial charge on any atom is 0.211 e. The minimum Gasteiger partial charge on any atom is -0.317 e. The molecular formula is C13H27N3O2S. The maximum absolute atomic E-state index is 12.1. The van der Waals surface area contributed by atoms with Crippen molar-refractivity contribution in [3.05, 3.63) is 0 Å². The van der Waals surface area contributed by atoms with Gasteiger partial charge in [-0.15, -0.1) is 0 Å².